The van der Waals surface area contributed by atoms with Crippen LogP contribution < -0.4 is 0 Å². The molecule has 0 aliphatic carbocycles. The second-order valence-corrected chi connectivity index (χ2v) is 4.88. The molecule has 0 aromatic carbocycles. The van der Waals surface area contributed by atoms with E-state index in [0.29, 0.717) is 0 Å². The van der Waals surface area contributed by atoms with Crippen LogP contribution in [0.4, 0.5) is 0 Å². The second kappa shape index (κ2) is 16.3. The third kappa shape index (κ3) is 15.3. The van der Waals surface area contributed by atoms with Crippen LogP contribution in [-0.4, -0.2) is 25.5 Å². The molecule has 0 aromatic heterocycles. The first-order valence-electron chi connectivity index (χ1n) is 7.88. The molecule has 0 fully saturated rings. The first kappa shape index (κ1) is 17.3. The van der Waals surface area contributed by atoms with Gasteiger partial charge in [0.1, 0.15) is 0 Å². The predicted octanol–water partition coefficient (Wildman–Crippen LogP) is 5.07. The lowest BCUT2D eigenvalue weighted by Gasteiger charge is -1.99. The quantitative estimate of drug-likeness (QED) is 0.323. The zero-order chi connectivity index (χ0) is 13.3. The Kier molecular flexibility index (Phi) is 15.7. The highest BCUT2D eigenvalue weighted by Crippen LogP contribution is 2.05. The van der Waals surface area contributed by atoms with Crippen molar-refractivity contribution in [3.8, 4) is 0 Å². The molecule has 0 saturated carbocycles. The monoisotopic (exact) mass is 252 g/mol. The molecule has 0 spiro atoms. The standard InChI is InChI=1S/C16H32N2/c1-3-5-13-17-15-11-9-7-8-10-12-16-18-14-6-4-2/h13-14H,3-12,15-16H2,1-2H3. The predicted molar refractivity (Wildman–Crippen MR) is 84.2 cm³/mol. The molecule has 0 rings (SSSR count). The first-order chi connectivity index (χ1) is 8.91. The zero-order valence-corrected chi connectivity index (χ0v) is 12.5. The van der Waals surface area contributed by atoms with Crippen LogP contribution in [0.1, 0.15) is 78.1 Å². The van der Waals surface area contributed by atoms with Gasteiger partial charge in [-0.3, -0.25) is 9.98 Å². The number of nitrogens with zero attached hydrogens (tertiary/aromatic N) is 2. The molecule has 0 unspecified atom stereocenters. The van der Waals surface area contributed by atoms with Gasteiger partial charge in [0, 0.05) is 13.1 Å². The van der Waals surface area contributed by atoms with Crippen LogP contribution in [0.3, 0.4) is 0 Å². The third-order valence-corrected chi connectivity index (χ3v) is 2.92. The Labute approximate surface area is 114 Å². The van der Waals surface area contributed by atoms with Crippen molar-refractivity contribution in [1.29, 1.82) is 0 Å². The molecule has 18 heavy (non-hydrogen) atoms. The van der Waals surface area contributed by atoms with Crippen molar-refractivity contribution in [2.45, 2.75) is 78.1 Å². The van der Waals surface area contributed by atoms with Crippen LogP contribution in [0.5, 0.6) is 0 Å². The highest BCUT2D eigenvalue weighted by molar-refractivity contribution is 5.57. The van der Waals surface area contributed by atoms with E-state index >= 15 is 0 Å². The summed E-state index contributed by atoms with van der Waals surface area (Å²) < 4.78 is 0. The van der Waals surface area contributed by atoms with E-state index in [2.05, 4.69) is 36.3 Å². The van der Waals surface area contributed by atoms with Crippen LogP contribution >= 0.6 is 0 Å². The van der Waals surface area contributed by atoms with Crippen molar-refractivity contribution in [2.75, 3.05) is 13.1 Å². The minimum absolute atomic E-state index is 1.03. The van der Waals surface area contributed by atoms with Crippen LogP contribution in [0.25, 0.3) is 0 Å². The summed E-state index contributed by atoms with van der Waals surface area (Å²) >= 11 is 0. The molecule has 2 heteroatoms. The summed E-state index contributed by atoms with van der Waals surface area (Å²) in [5.74, 6) is 0. The molecule has 0 heterocycles. The fraction of sp³-hybridized carbons (Fsp3) is 0.875. The van der Waals surface area contributed by atoms with Gasteiger partial charge in [-0.05, 0) is 38.1 Å². The maximum absolute atomic E-state index is 4.39. The van der Waals surface area contributed by atoms with Gasteiger partial charge in [0.15, 0.2) is 0 Å². The van der Waals surface area contributed by atoms with Gasteiger partial charge in [0.2, 0.25) is 0 Å². The Morgan fingerprint density at radius 1 is 0.611 bits per heavy atom. The molecule has 0 N–H and O–H groups in total. The SMILES string of the molecule is CCCC=NCCCCCCCCN=CCCC. The van der Waals surface area contributed by atoms with Gasteiger partial charge in [-0.15, -0.1) is 0 Å². The second-order valence-electron chi connectivity index (χ2n) is 4.88. The molecule has 0 radical (unpaired) electrons. The fourth-order valence-corrected chi connectivity index (χ4v) is 1.74. The summed E-state index contributed by atoms with van der Waals surface area (Å²) in [5.41, 5.74) is 0. The molecule has 0 saturated heterocycles. The van der Waals surface area contributed by atoms with Crippen molar-refractivity contribution >= 4 is 12.4 Å². The lowest BCUT2D eigenvalue weighted by atomic mass is 10.1. The summed E-state index contributed by atoms with van der Waals surface area (Å²) in [4.78, 5) is 8.79. The maximum atomic E-state index is 4.39. The normalized spacial score (nSPS) is 11.9. The van der Waals surface area contributed by atoms with Crippen LogP contribution in [-0.2, 0) is 0 Å². The van der Waals surface area contributed by atoms with E-state index in [1.165, 1.54) is 51.4 Å². The van der Waals surface area contributed by atoms with E-state index < -0.39 is 0 Å². The Bertz CT molecular complexity index is 175. The molecule has 106 valence electrons. The Morgan fingerprint density at radius 2 is 1.00 bits per heavy atom. The molecule has 0 amide bonds. The third-order valence-electron chi connectivity index (χ3n) is 2.92. The summed E-state index contributed by atoms with van der Waals surface area (Å²) in [5, 5.41) is 0. The molecule has 0 bridgehead atoms. The van der Waals surface area contributed by atoms with E-state index in [1.807, 2.05) is 0 Å². The Hall–Kier alpha value is -0.660. The van der Waals surface area contributed by atoms with Gasteiger partial charge >= 0.3 is 0 Å². The van der Waals surface area contributed by atoms with Crippen LogP contribution in [0, 0.1) is 0 Å². The highest BCUT2D eigenvalue weighted by atomic mass is 14.7. The molecule has 0 atom stereocenters. The van der Waals surface area contributed by atoms with Crippen molar-refractivity contribution in [2.24, 2.45) is 9.98 Å². The maximum Gasteiger partial charge on any atom is 0.0385 e. The molecule has 0 aliphatic rings. The van der Waals surface area contributed by atoms with Gasteiger partial charge in [-0.1, -0.05) is 52.4 Å². The van der Waals surface area contributed by atoms with E-state index in [1.54, 1.807) is 0 Å². The Morgan fingerprint density at radius 3 is 1.39 bits per heavy atom. The van der Waals surface area contributed by atoms with E-state index in [0.717, 1.165) is 25.9 Å². The number of hydrogen-bond acceptors (Lipinski definition) is 2. The van der Waals surface area contributed by atoms with Gasteiger partial charge in [0.05, 0.1) is 0 Å². The molecule has 0 aliphatic heterocycles. The molecule has 0 aromatic rings. The Balaban J connectivity index is 3.03. The minimum Gasteiger partial charge on any atom is -0.298 e. The average Bonchev–Trinajstić information content (AvgIpc) is 2.39. The number of rotatable bonds is 13. The fourth-order valence-electron chi connectivity index (χ4n) is 1.74. The summed E-state index contributed by atoms with van der Waals surface area (Å²) in [6, 6.07) is 0. The van der Waals surface area contributed by atoms with Gasteiger partial charge in [-0.25, -0.2) is 0 Å². The number of unbranched alkanes of at least 4 members (excludes halogenated alkanes) is 7. The van der Waals surface area contributed by atoms with Gasteiger partial charge in [-0.2, -0.15) is 0 Å². The highest BCUT2D eigenvalue weighted by Gasteiger charge is 1.90. The lowest BCUT2D eigenvalue weighted by Crippen LogP contribution is -1.86. The van der Waals surface area contributed by atoms with Crippen molar-refractivity contribution in [3.05, 3.63) is 0 Å². The van der Waals surface area contributed by atoms with Crippen molar-refractivity contribution in [3.63, 3.8) is 0 Å². The molecular formula is C16H32N2. The van der Waals surface area contributed by atoms with Gasteiger partial charge in [0.25, 0.3) is 0 Å². The van der Waals surface area contributed by atoms with Gasteiger partial charge < -0.3 is 0 Å². The first-order valence-corrected chi connectivity index (χ1v) is 7.88. The number of aliphatic imine (C=N–C) groups is 2. The molecule has 2 nitrogen and oxygen atoms in total. The van der Waals surface area contributed by atoms with E-state index in [-0.39, 0.29) is 0 Å². The largest absolute Gasteiger partial charge is 0.298 e. The van der Waals surface area contributed by atoms with E-state index in [4.69, 9.17) is 0 Å². The summed E-state index contributed by atoms with van der Waals surface area (Å²) in [7, 11) is 0. The minimum atomic E-state index is 1.03. The van der Waals surface area contributed by atoms with Crippen molar-refractivity contribution < 1.29 is 0 Å². The average molecular weight is 252 g/mol. The summed E-state index contributed by atoms with van der Waals surface area (Å²) in [6.45, 7) is 6.44. The smallest absolute Gasteiger partial charge is 0.0385 e. The topological polar surface area (TPSA) is 24.7 Å². The molecular weight excluding hydrogens is 220 g/mol. The lowest BCUT2D eigenvalue weighted by molar-refractivity contribution is 0.602. The van der Waals surface area contributed by atoms with Crippen molar-refractivity contribution in [1.82, 2.24) is 0 Å². The zero-order valence-electron chi connectivity index (χ0n) is 12.5. The van der Waals surface area contributed by atoms with Crippen LogP contribution in [0.2, 0.25) is 0 Å². The van der Waals surface area contributed by atoms with E-state index in [9.17, 15) is 0 Å². The van der Waals surface area contributed by atoms with Crippen LogP contribution in [0.15, 0.2) is 9.98 Å². The number of hydrogen-bond donors (Lipinski definition) is 0. The summed E-state index contributed by atoms with van der Waals surface area (Å²) in [6.07, 6.45) is 16.8.